The summed E-state index contributed by atoms with van der Waals surface area (Å²) >= 11 is 0. The van der Waals surface area contributed by atoms with E-state index < -0.39 is 12.0 Å². The Labute approximate surface area is 123 Å². The Morgan fingerprint density at radius 2 is 2.00 bits per heavy atom. The molecule has 0 saturated heterocycles. The minimum absolute atomic E-state index is 0.0556. The van der Waals surface area contributed by atoms with Gasteiger partial charge in [-0.3, -0.25) is 0 Å². The number of carbonyl (C=O) groups is 1. The van der Waals surface area contributed by atoms with Crippen LogP contribution in [-0.2, 0) is 4.79 Å². The molecule has 1 atom stereocenters. The summed E-state index contributed by atoms with van der Waals surface area (Å²) in [5, 5.41) is 24.5. The van der Waals surface area contributed by atoms with Crippen molar-refractivity contribution in [2.24, 2.45) is 5.92 Å². The molecule has 0 unspecified atom stereocenters. The highest BCUT2D eigenvalue weighted by Gasteiger charge is 2.21. The molecule has 0 bridgehead atoms. The molecule has 0 aliphatic rings. The van der Waals surface area contributed by atoms with Crippen molar-refractivity contribution in [3.8, 4) is 5.82 Å². The first-order chi connectivity index (χ1) is 9.88. The van der Waals surface area contributed by atoms with Crippen LogP contribution in [0.3, 0.4) is 0 Å². The predicted octanol–water partition coefficient (Wildman–Crippen LogP) is 1.80. The SMILES string of the molecule is Cc1cc(C)n(-c2ccc(N[C@H](C(=O)O)C(C)C)nn2)n1. The maximum atomic E-state index is 11.2. The molecule has 0 fully saturated rings. The van der Waals surface area contributed by atoms with Crippen LogP contribution in [0.25, 0.3) is 5.82 Å². The molecular weight excluding hydrogens is 270 g/mol. The summed E-state index contributed by atoms with van der Waals surface area (Å²) in [6.45, 7) is 7.52. The quantitative estimate of drug-likeness (QED) is 0.872. The monoisotopic (exact) mass is 289 g/mol. The molecule has 2 aromatic heterocycles. The van der Waals surface area contributed by atoms with E-state index in [-0.39, 0.29) is 5.92 Å². The third kappa shape index (κ3) is 3.36. The Hall–Kier alpha value is -2.44. The van der Waals surface area contributed by atoms with Crippen molar-refractivity contribution < 1.29 is 9.90 Å². The largest absolute Gasteiger partial charge is 0.480 e. The van der Waals surface area contributed by atoms with E-state index in [1.54, 1.807) is 16.8 Å². The zero-order valence-corrected chi connectivity index (χ0v) is 12.5. The topological polar surface area (TPSA) is 92.9 Å². The number of carboxylic acid groups (broad SMARTS) is 1. The van der Waals surface area contributed by atoms with Crippen molar-refractivity contribution in [3.05, 3.63) is 29.6 Å². The molecule has 2 aromatic rings. The molecule has 21 heavy (non-hydrogen) atoms. The van der Waals surface area contributed by atoms with Crippen molar-refractivity contribution >= 4 is 11.8 Å². The average molecular weight is 289 g/mol. The van der Waals surface area contributed by atoms with Gasteiger partial charge in [0.05, 0.1) is 5.69 Å². The van der Waals surface area contributed by atoms with Gasteiger partial charge in [0.25, 0.3) is 0 Å². The maximum absolute atomic E-state index is 11.2. The zero-order valence-electron chi connectivity index (χ0n) is 12.5. The van der Waals surface area contributed by atoms with Crippen LogP contribution < -0.4 is 5.32 Å². The molecule has 2 N–H and O–H groups in total. The van der Waals surface area contributed by atoms with E-state index in [1.807, 2.05) is 33.8 Å². The number of anilines is 1. The fourth-order valence-electron chi connectivity index (χ4n) is 2.05. The number of aromatic nitrogens is 4. The van der Waals surface area contributed by atoms with Gasteiger partial charge >= 0.3 is 5.97 Å². The zero-order chi connectivity index (χ0) is 15.6. The standard InChI is InChI=1S/C14H19N5O2/c1-8(2)13(14(20)21)15-11-5-6-12(17-16-11)19-10(4)7-9(3)18-19/h5-8,13H,1-4H3,(H,15,16)(H,20,21)/t13-/m0/s1. The van der Waals surface area contributed by atoms with Gasteiger partial charge in [0.1, 0.15) is 11.9 Å². The number of aryl methyl sites for hydroxylation is 2. The Morgan fingerprint density at radius 1 is 1.29 bits per heavy atom. The third-order valence-electron chi connectivity index (χ3n) is 3.11. The van der Waals surface area contributed by atoms with E-state index in [2.05, 4.69) is 20.6 Å². The molecule has 0 aliphatic heterocycles. The van der Waals surface area contributed by atoms with E-state index in [4.69, 9.17) is 5.11 Å². The molecule has 0 spiro atoms. The van der Waals surface area contributed by atoms with Gasteiger partial charge in [-0.2, -0.15) is 5.10 Å². The predicted molar refractivity (Wildman–Crippen MR) is 78.5 cm³/mol. The van der Waals surface area contributed by atoms with Crippen LogP contribution in [0.4, 0.5) is 5.82 Å². The molecule has 0 aliphatic carbocycles. The van der Waals surface area contributed by atoms with Crippen molar-refractivity contribution in [1.82, 2.24) is 20.0 Å². The first-order valence-corrected chi connectivity index (χ1v) is 6.75. The second-order valence-electron chi connectivity index (χ2n) is 5.32. The summed E-state index contributed by atoms with van der Waals surface area (Å²) in [5.41, 5.74) is 1.87. The van der Waals surface area contributed by atoms with Crippen LogP contribution in [0, 0.1) is 19.8 Å². The minimum atomic E-state index is -0.908. The summed E-state index contributed by atoms with van der Waals surface area (Å²) in [4.78, 5) is 11.2. The second-order valence-corrected chi connectivity index (χ2v) is 5.32. The summed E-state index contributed by atoms with van der Waals surface area (Å²) in [7, 11) is 0. The summed E-state index contributed by atoms with van der Waals surface area (Å²) in [6.07, 6.45) is 0. The average Bonchev–Trinajstić information content (AvgIpc) is 2.75. The lowest BCUT2D eigenvalue weighted by atomic mass is 10.1. The van der Waals surface area contributed by atoms with E-state index in [9.17, 15) is 4.79 Å². The Balaban J connectivity index is 2.19. The lowest BCUT2D eigenvalue weighted by Crippen LogP contribution is -2.34. The van der Waals surface area contributed by atoms with Crippen LogP contribution >= 0.6 is 0 Å². The number of rotatable bonds is 5. The molecule has 7 nitrogen and oxygen atoms in total. The molecule has 7 heteroatoms. The second kappa shape index (κ2) is 5.90. The summed E-state index contributed by atoms with van der Waals surface area (Å²) in [6, 6.07) is 4.72. The number of nitrogens with one attached hydrogen (secondary N) is 1. The fraction of sp³-hybridized carbons (Fsp3) is 0.429. The highest BCUT2D eigenvalue weighted by atomic mass is 16.4. The molecule has 2 heterocycles. The van der Waals surface area contributed by atoms with Gasteiger partial charge < -0.3 is 10.4 Å². The molecular formula is C14H19N5O2. The molecule has 0 radical (unpaired) electrons. The van der Waals surface area contributed by atoms with Crippen molar-refractivity contribution in [3.63, 3.8) is 0 Å². The van der Waals surface area contributed by atoms with Crippen LogP contribution in [0.1, 0.15) is 25.2 Å². The number of hydrogen-bond donors (Lipinski definition) is 2. The normalized spacial score (nSPS) is 12.4. The number of nitrogens with zero attached hydrogens (tertiary/aromatic N) is 4. The van der Waals surface area contributed by atoms with Crippen molar-refractivity contribution in [2.45, 2.75) is 33.7 Å². The molecule has 112 valence electrons. The van der Waals surface area contributed by atoms with Gasteiger partial charge in [0.2, 0.25) is 0 Å². The smallest absolute Gasteiger partial charge is 0.326 e. The van der Waals surface area contributed by atoms with Gasteiger partial charge in [0.15, 0.2) is 5.82 Å². The minimum Gasteiger partial charge on any atom is -0.480 e. The lowest BCUT2D eigenvalue weighted by Gasteiger charge is -2.18. The molecule has 0 saturated carbocycles. The number of hydrogen-bond acceptors (Lipinski definition) is 5. The van der Waals surface area contributed by atoms with Gasteiger partial charge in [-0.25, -0.2) is 9.48 Å². The van der Waals surface area contributed by atoms with E-state index in [0.717, 1.165) is 11.4 Å². The lowest BCUT2D eigenvalue weighted by molar-refractivity contribution is -0.138. The highest BCUT2D eigenvalue weighted by molar-refractivity contribution is 5.77. The van der Waals surface area contributed by atoms with Crippen LogP contribution in [0.5, 0.6) is 0 Å². The Morgan fingerprint density at radius 3 is 2.43 bits per heavy atom. The maximum Gasteiger partial charge on any atom is 0.326 e. The highest BCUT2D eigenvalue weighted by Crippen LogP contribution is 2.13. The van der Waals surface area contributed by atoms with Gasteiger partial charge in [0, 0.05) is 5.69 Å². The number of aliphatic carboxylic acids is 1. The molecule has 0 aromatic carbocycles. The van der Waals surface area contributed by atoms with Crippen LogP contribution in [0.2, 0.25) is 0 Å². The van der Waals surface area contributed by atoms with E-state index in [1.165, 1.54) is 0 Å². The van der Waals surface area contributed by atoms with Gasteiger partial charge in [-0.1, -0.05) is 13.8 Å². The first kappa shape index (κ1) is 15.0. The third-order valence-corrected chi connectivity index (χ3v) is 3.11. The van der Waals surface area contributed by atoms with E-state index >= 15 is 0 Å². The van der Waals surface area contributed by atoms with Gasteiger partial charge in [-0.15, -0.1) is 10.2 Å². The molecule has 0 amide bonds. The Kier molecular flexibility index (Phi) is 4.21. The number of carboxylic acids is 1. The fourth-order valence-corrected chi connectivity index (χ4v) is 2.05. The summed E-state index contributed by atoms with van der Waals surface area (Å²) in [5.74, 6) is 0.0679. The van der Waals surface area contributed by atoms with Crippen molar-refractivity contribution in [2.75, 3.05) is 5.32 Å². The summed E-state index contributed by atoms with van der Waals surface area (Å²) < 4.78 is 1.70. The molecule has 2 rings (SSSR count). The first-order valence-electron chi connectivity index (χ1n) is 6.75. The van der Waals surface area contributed by atoms with Gasteiger partial charge in [-0.05, 0) is 38.0 Å². The van der Waals surface area contributed by atoms with E-state index in [0.29, 0.717) is 11.6 Å². The van der Waals surface area contributed by atoms with Crippen LogP contribution in [0.15, 0.2) is 18.2 Å². The Bertz CT molecular complexity index is 633. The van der Waals surface area contributed by atoms with Crippen LogP contribution in [-0.4, -0.2) is 37.1 Å². The van der Waals surface area contributed by atoms with Crippen molar-refractivity contribution in [1.29, 1.82) is 0 Å².